The van der Waals surface area contributed by atoms with Crippen molar-refractivity contribution in [1.82, 2.24) is 5.32 Å². The maximum absolute atomic E-state index is 13.2. The second-order valence-corrected chi connectivity index (χ2v) is 6.15. The van der Waals surface area contributed by atoms with Crippen LogP contribution in [0, 0.1) is 5.82 Å². The van der Waals surface area contributed by atoms with E-state index in [0.717, 1.165) is 30.0 Å². The summed E-state index contributed by atoms with van der Waals surface area (Å²) in [5.74, 6) is -1.55. The van der Waals surface area contributed by atoms with Crippen molar-refractivity contribution in [1.29, 1.82) is 0 Å². The number of benzene rings is 2. The molecule has 0 heterocycles. The fourth-order valence-electron chi connectivity index (χ4n) is 2.44. The van der Waals surface area contributed by atoms with Gasteiger partial charge in [0.1, 0.15) is 5.82 Å². The number of amides is 1. The van der Waals surface area contributed by atoms with Crippen molar-refractivity contribution in [3.8, 4) is 0 Å². The van der Waals surface area contributed by atoms with Gasteiger partial charge in [0.2, 0.25) is 0 Å². The summed E-state index contributed by atoms with van der Waals surface area (Å²) in [6, 6.07) is 13.2. The molecule has 0 bridgehead atoms. The van der Waals surface area contributed by atoms with Crippen LogP contribution in [0.3, 0.4) is 0 Å². The van der Waals surface area contributed by atoms with Gasteiger partial charge in [0.25, 0.3) is 5.91 Å². The molecule has 2 aromatic carbocycles. The fourth-order valence-corrected chi connectivity index (χ4v) is 2.44. The molecule has 0 aromatic heterocycles. The third-order valence-electron chi connectivity index (χ3n) is 3.98. The highest BCUT2D eigenvalue weighted by atomic mass is 19.1. The molecule has 1 amide bonds. The Balaban J connectivity index is 1.88. The number of carboxylic acid groups (broad SMARTS) is 1. The Hall–Kier alpha value is -3.21. The molecule has 1 fully saturated rings. The number of hydrogen-bond acceptors (Lipinski definition) is 2. The Morgan fingerprint density at radius 3 is 2.19 bits per heavy atom. The second-order valence-electron chi connectivity index (χ2n) is 6.15. The van der Waals surface area contributed by atoms with Gasteiger partial charge >= 0.3 is 5.97 Å². The first-order chi connectivity index (χ1) is 12.5. The predicted octanol–water partition coefficient (Wildman–Crippen LogP) is 3.74. The smallest absolute Gasteiger partial charge is 0.328 e. The standard InChI is InChI=1S/C21H18FNO3/c22-17-8-6-16(7-9-17)19(21(26)23-18-10-11-18)13-15-3-1-14(2-4-15)5-12-20(24)25/h1-9,12-13,18H,10-11H2,(H,23,26)(H,24,25). The lowest BCUT2D eigenvalue weighted by atomic mass is 10.0. The van der Waals surface area contributed by atoms with E-state index in [9.17, 15) is 14.0 Å². The molecule has 0 aliphatic heterocycles. The number of hydrogen-bond donors (Lipinski definition) is 2. The second kappa shape index (κ2) is 7.78. The van der Waals surface area contributed by atoms with E-state index < -0.39 is 5.97 Å². The van der Waals surface area contributed by atoms with Gasteiger partial charge in [-0.1, -0.05) is 36.4 Å². The van der Waals surface area contributed by atoms with E-state index >= 15 is 0 Å². The maximum Gasteiger partial charge on any atom is 0.328 e. The quantitative estimate of drug-likeness (QED) is 0.615. The molecule has 2 aromatic rings. The van der Waals surface area contributed by atoms with Crippen LogP contribution in [-0.2, 0) is 9.59 Å². The van der Waals surface area contributed by atoms with Gasteiger partial charge in [0, 0.05) is 17.7 Å². The number of nitrogens with one attached hydrogen (secondary N) is 1. The normalized spacial score (nSPS) is 14.4. The first-order valence-corrected chi connectivity index (χ1v) is 8.31. The Labute approximate surface area is 150 Å². The topological polar surface area (TPSA) is 66.4 Å². The fraction of sp³-hybridized carbons (Fsp3) is 0.143. The molecule has 132 valence electrons. The molecule has 4 nitrogen and oxygen atoms in total. The molecule has 0 unspecified atom stereocenters. The summed E-state index contributed by atoms with van der Waals surface area (Å²) in [5, 5.41) is 11.6. The van der Waals surface area contributed by atoms with Crippen LogP contribution in [-0.4, -0.2) is 23.0 Å². The molecular weight excluding hydrogens is 333 g/mol. The van der Waals surface area contributed by atoms with Gasteiger partial charge < -0.3 is 10.4 Å². The summed E-state index contributed by atoms with van der Waals surface area (Å²) in [6.07, 6.45) is 6.27. The van der Waals surface area contributed by atoms with Crippen LogP contribution in [0.15, 0.2) is 54.6 Å². The lowest BCUT2D eigenvalue weighted by Gasteiger charge is -2.09. The van der Waals surface area contributed by atoms with E-state index in [1.54, 1.807) is 42.5 Å². The summed E-state index contributed by atoms with van der Waals surface area (Å²) in [7, 11) is 0. The van der Waals surface area contributed by atoms with Gasteiger partial charge in [-0.3, -0.25) is 4.79 Å². The Morgan fingerprint density at radius 2 is 1.62 bits per heavy atom. The van der Waals surface area contributed by atoms with Crippen molar-refractivity contribution in [2.45, 2.75) is 18.9 Å². The van der Waals surface area contributed by atoms with Crippen LogP contribution in [0.4, 0.5) is 4.39 Å². The molecule has 5 heteroatoms. The number of carbonyl (C=O) groups excluding carboxylic acids is 1. The summed E-state index contributed by atoms with van der Waals surface area (Å²) >= 11 is 0. The van der Waals surface area contributed by atoms with Crippen LogP contribution in [0.25, 0.3) is 17.7 Å². The number of halogens is 1. The summed E-state index contributed by atoms with van der Waals surface area (Å²) in [5.41, 5.74) is 2.64. The minimum absolute atomic E-state index is 0.186. The zero-order valence-electron chi connectivity index (χ0n) is 14.0. The van der Waals surface area contributed by atoms with Crippen LogP contribution in [0.5, 0.6) is 0 Å². The Kier molecular flexibility index (Phi) is 5.27. The number of carboxylic acids is 1. The van der Waals surface area contributed by atoms with Crippen LogP contribution in [0.1, 0.15) is 29.5 Å². The zero-order chi connectivity index (χ0) is 18.5. The van der Waals surface area contributed by atoms with Crippen LogP contribution in [0.2, 0.25) is 0 Å². The highest BCUT2D eigenvalue weighted by Crippen LogP contribution is 2.24. The van der Waals surface area contributed by atoms with E-state index in [-0.39, 0.29) is 17.8 Å². The highest BCUT2D eigenvalue weighted by Gasteiger charge is 2.25. The van der Waals surface area contributed by atoms with E-state index in [4.69, 9.17) is 5.11 Å². The largest absolute Gasteiger partial charge is 0.478 e. The average molecular weight is 351 g/mol. The summed E-state index contributed by atoms with van der Waals surface area (Å²) < 4.78 is 13.2. The molecule has 1 saturated carbocycles. The van der Waals surface area contributed by atoms with Gasteiger partial charge in [-0.05, 0) is 53.8 Å². The first-order valence-electron chi connectivity index (χ1n) is 8.31. The third kappa shape index (κ3) is 4.89. The number of rotatable bonds is 6. The SMILES string of the molecule is O=C(O)C=Cc1ccc(C=C(C(=O)NC2CC2)c2ccc(F)cc2)cc1. The molecule has 26 heavy (non-hydrogen) atoms. The molecule has 0 atom stereocenters. The molecule has 3 rings (SSSR count). The zero-order valence-corrected chi connectivity index (χ0v) is 14.0. The molecular formula is C21H18FNO3. The number of carbonyl (C=O) groups is 2. The molecule has 1 aliphatic carbocycles. The summed E-state index contributed by atoms with van der Waals surface area (Å²) in [6.45, 7) is 0. The minimum Gasteiger partial charge on any atom is -0.478 e. The van der Waals surface area contributed by atoms with Gasteiger partial charge in [-0.2, -0.15) is 0 Å². The lowest BCUT2D eigenvalue weighted by molar-refractivity contribution is -0.131. The maximum atomic E-state index is 13.2. The number of aliphatic carboxylic acids is 1. The van der Waals surface area contributed by atoms with Gasteiger partial charge in [0.05, 0.1) is 0 Å². The minimum atomic E-state index is -1.01. The van der Waals surface area contributed by atoms with E-state index in [1.807, 2.05) is 0 Å². The van der Waals surface area contributed by atoms with Crippen molar-refractivity contribution in [2.24, 2.45) is 0 Å². The molecule has 2 N–H and O–H groups in total. The van der Waals surface area contributed by atoms with E-state index in [1.165, 1.54) is 18.2 Å². The Bertz CT molecular complexity index is 863. The molecule has 0 radical (unpaired) electrons. The van der Waals surface area contributed by atoms with Gasteiger partial charge in [-0.25, -0.2) is 9.18 Å². The van der Waals surface area contributed by atoms with Crippen molar-refractivity contribution >= 4 is 29.6 Å². The predicted molar refractivity (Wildman–Crippen MR) is 98.5 cm³/mol. The van der Waals surface area contributed by atoms with Gasteiger partial charge in [0.15, 0.2) is 0 Å². The van der Waals surface area contributed by atoms with Crippen molar-refractivity contribution in [3.63, 3.8) is 0 Å². The molecule has 1 aliphatic rings. The van der Waals surface area contributed by atoms with Crippen molar-refractivity contribution in [3.05, 3.63) is 77.1 Å². The van der Waals surface area contributed by atoms with Crippen molar-refractivity contribution < 1.29 is 19.1 Å². The first kappa shape index (κ1) is 17.6. The van der Waals surface area contributed by atoms with E-state index in [2.05, 4.69) is 5.32 Å². The average Bonchev–Trinajstić information content (AvgIpc) is 3.43. The highest BCUT2D eigenvalue weighted by molar-refractivity contribution is 6.24. The van der Waals surface area contributed by atoms with Gasteiger partial charge in [-0.15, -0.1) is 0 Å². The summed E-state index contributed by atoms with van der Waals surface area (Å²) in [4.78, 5) is 23.1. The molecule has 0 saturated heterocycles. The monoisotopic (exact) mass is 351 g/mol. The third-order valence-corrected chi connectivity index (χ3v) is 3.98. The Morgan fingerprint density at radius 1 is 1.00 bits per heavy atom. The lowest BCUT2D eigenvalue weighted by Crippen LogP contribution is -2.26. The molecule has 0 spiro atoms. The van der Waals surface area contributed by atoms with E-state index in [0.29, 0.717) is 11.1 Å². The van der Waals surface area contributed by atoms with Crippen molar-refractivity contribution in [2.75, 3.05) is 0 Å². The van der Waals surface area contributed by atoms with Crippen LogP contribution < -0.4 is 5.32 Å². The van der Waals surface area contributed by atoms with Crippen LogP contribution >= 0.6 is 0 Å².